The van der Waals surface area contributed by atoms with Crippen LogP contribution in [0.15, 0.2) is 0 Å². The van der Waals surface area contributed by atoms with Gasteiger partial charge in [-0.1, -0.05) is 23.2 Å². The Balaban J connectivity index is 4.02. The van der Waals surface area contributed by atoms with E-state index >= 15 is 0 Å². The number of hydrogen-bond donors (Lipinski definition) is 0. The quantitative estimate of drug-likeness (QED) is 0.510. The first-order valence-corrected chi connectivity index (χ1v) is 4.68. The van der Waals surface area contributed by atoms with Crippen LogP contribution in [-0.4, -0.2) is 10.4 Å². The number of rotatable bonds is 3. The van der Waals surface area contributed by atoms with Gasteiger partial charge in [-0.2, -0.15) is 0 Å². The van der Waals surface area contributed by atoms with Crippen LogP contribution in [-0.2, 0) is 9.09 Å². The molecule has 0 fully saturated rings. The van der Waals surface area contributed by atoms with E-state index in [-0.39, 0.29) is 0 Å². The second-order valence-corrected chi connectivity index (χ2v) is 4.07. The molecular weight excluding hydrogens is 225 g/mol. The van der Waals surface area contributed by atoms with E-state index in [1.807, 2.05) is 0 Å². The van der Waals surface area contributed by atoms with Gasteiger partial charge >= 0.3 is 0 Å². The van der Waals surface area contributed by atoms with E-state index in [9.17, 15) is 14.4 Å². The van der Waals surface area contributed by atoms with E-state index in [0.29, 0.717) is 0 Å². The van der Waals surface area contributed by atoms with E-state index < -0.39 is 18.2 Å². The Morgan fingerprint density at radius 1 is 1.50 bits per heavy atom. The topological polar surface area (TPSA) is 72.4 Å². The molecule has 62 valence electrons. The van der Waals surface area contributed by atoms with Crippen molar-refractivity contribution < 1.29 is 18.9 Å². The fraction of sp³-hybridized carbons (Fsp3) is 1.00. The van der Waals surface area contributed by atoms with Crippen LogP contribution in [0.2, 0.25) is 0 Å². The molecule has 0 bridgehead atoms. The fourth-order valence-corrected chi connectivity index (χ4v) is 1.22. The van der Waals surface area contributed by atoms with Crippen molar-refractivity contribution in [3.05, 3.63) is 0 Å². The highest BCUT2D eigenvalue weighted by Gasteiger charge is 2.24. The largest absolute Gasteiger partial charge is 0.790 e. The average Bonchev–Trinajstić information content (AvgIpc) is 1.60. The standard InChI is InChI=1S/C2H4Cl3O4P/c3-1-2(4,5)9-10(6,7)8/h1H2,(H2,6,7,8)/p-2. The molecule has 0 aromatic rings. The Morgan fingerprint density at radius 2 is 1.90 bits per heavy atom. The van der Waals surface area contributed by atoms with Crippen LogP contribution in [0.5, 0.6) is 0 Å². The third-order valence-corrected chi connectivity index (χ3v) is 2.22. The second-order valence-electron chi connectivity index (χ2n) is 1.31. The van der Waals surface area contributed by atoms with Gasteiger partial charge in [-0.3, -0.25) is 0 Å². The van der Waals surface area contributed by atoms with Gasteiger partial charge in [-0.15, -0.1) is 11.6 Å². The second kappa shape index (κ2) is 3.59. The van der Waals surface area contributed by atoms with Crippen LogP contribution < -0.4 is 9.79 Å². The third-order valence-electron chi connectivity index (χ3n) is 0.401. The predicted molar refractivity (Wildman–Crippen MR) is 33.8 cm³/mol. The summed E-state index contributed by atoms with van der Waals surface area (Å²) in [5, 5.41) is 0. The maximum atomic E-state index is 9.83. The molecule has 0 radical (unpaired) electrons. The minimum atomic E-state index is -5.15. The van der Waals surface area contributed by atoms with Crippen molar-refractivity contribution in [1.29, 1.82) is 0 Å². The molecule has 8 heteroatoms. The van der Waals surface area contributed by atoms with Crippen molar-refractivity contribution in [2.45, 2.75) is 4.52 Å². The highest BCUT2D eigenvalue weighted by atomic mass is 35.5. The predicted octanol–water partition coefficient (Wildman–Crippen LogP) is 0.202. The number of phosphoric acid groups is 1. The molecule has 0 spiro atoms. The van der Waals surface area contributed by atoms with Crippen LogP contribution in [0, 0.1) is 0 Å². The molecule has 0 unspecified atom stereocenters. The fourth-order valence-electron chi connectivity index (χ4n) is 0.188. The average molecular weight is 227 g/mol. The van der Waals surface area contributed by atoms with Gasteiger partial charge in [-0.25, -0.2) is 0 Å². The Morgan fingerprint density at radius 3 is 2.00 bits per heavy atom. The minimum absolute atomic E-state index is 0.509. The summed E-state index contributed by atoms with van der Waals surface area (Å²) in [6.07, 6.45) is 0. The van der Waals surface area contributed by atoms with Gasteiger partial charge in [0.25, 0.3) is 0 Å². The summed E-state index contributed by atoms with van der Waals surface area (Å²) in [6, 6.07) is 0. The normalized spacial score (nSPS) is 13.7. The Hall–Kier alpha value is 0.980. The van der Waals surface area contributed by atoms with Crippen molar-refractivity contribution in [3.8, 4) is 0 Å². The first-order chi connectivity index (χ1) is 4.27. The SMILES string of the molecule is O=P([O-])([O-])OC(Cl)(Cl)CCl. The summed E-state index contributed by atoms with van der Waals surface area (Å²) in [7, 11) is -5.15. The molecule has 0 aromatic heterocycles. The van der Waals surface area contributed by atoms with Gasteiger partial charge in [0.15, 0.2) is 0 Å². The zero-order valence-corrected chi connectivity index (χ0v) is 7.58. The van der Waals surface area contributed by atoms with Crippen molar-refractivity contribution in [2.24, 2.45) is 0 Å². The summed E-state index contributed by atoms with van der Waals surface area (Å²) in [4.78, 5) is 19.7. The van der Waals surface area contributed by atoms with Crippen molar-refractivity contribution in [3.63, 3.8) is 0 Å². The molecular formula is C2H2Cl3O4P-2. The molecule has 0 saturated carbocycles. The molecule has 10 heavy (non-hydrogen) atoms. The summed E-state index contributed by atoms with van der Waals surface area (Å²) < 4.78 is 11.3. The van der Waals surface area contributed by atoms with Crippen LogP contribution >= 0.6 is 42.6 Å². The van der Waals surface area contributed by atoms with E-state index in [1.165, 1.54) is 0 Å². The van der Waals surface area contributed by atoms with Crippen LogP contribution in [0.4, 0.5) is 0 Å². The van der Waals surface area contributed by atoms with E-state index in [1.54, 1.807) is 0 Å². The van der Waals surface area contributed by atoms with Gasteiger partial charge in [0.05, 0.1) is 13.7 Å². The highest BCUT2D eigenvalue weighted by Crippen LogP contribution is 2.38. The lowest BCUT2D eigenvalue weighted by Crippen LogP contribution is -2.27. The molecule has 0 atom stereocenters. The maximum Gasteiger partial charge on any atom is 0.234 e. The Labute approximate surface area is 72.3 Å². The lowest BCUT2D eigenvalue weighted by molar-refractivity contribution is -0.343. The van der Waals surface area contributed by atoms with Crippen molar-refractivity contribution >= 4 is 42.6 Å². The zero-order valence-electron chi connectivity index (χ0n) is 4.42. The van der Waals surface area contributed by atoms with E-state index in [4.69, 9.17) is 34.8 Å². The summed E-state index contributed by atoms with van der Waals surface area (Å²) in [6.45, 7) is 0. The minimum Gasteiger partial charge on any atom is -0.790 e. The van der Waals surface area contributed by atoms with Crippen LogP contribution in [0.3, 0.4) is 0 Å². The van der Waals surface area contributed by atoms with Crippen molar-refractivity contribution in [1.82, 2.24) is 0 Å². The van der Waals surface area contributed by atoms with Gasteiger partial charge < -0.3 is 18.9 Å². The van der Waals surface area contributed by atoms with Gasteiger partial charge in [0, 0.05) is 0 Å². The van der Waals surface area contributed by atoms with Crippen LogP contribution in [0.1, 0.15) is 0 Å². The van der Waals surface area contributed by atoms with Gasteiger partial charge in [0.1, 0.15) is 0 Å². The lowest BCUT2D eigenvalue weighted by atomic mass is 10.8. The number of phosphoric ester groups is 1. The summed E-state index contributed by atoms with van der Waals surface area (Å²) >= 11 is 15.1. The van der Waals surface area contributed by atoms with Gasteiger partial charge in [0.2, 0.25) is 4.52 Å². The maximum absolute atomic E-state index is 9.83. The molecule has 0 heterocycles. The van der Waals surface area contributed by atoms with Gasteiger partial charge in [-0.05, 0) is 0 Å². The number of hydrogen-bond acceptors (Lipinski definition) is 4. The Bertz CT molecular complexity index is 153. The van der Waals surface area contributed by atoms with E-state index in [2.05, 4.69) is 4.52 Å². The third kappa shape index (κ3) is 5.74. The molecule has 0 rings (SSSR count). The molecule has 4 nitrogen and oxygen atoms in total. The Kier molecular flexibility index (Phi) is 3.94. The first kappa shape index (κ1) is 11.0. The zero-order chi connectivity index (χ0) is 8.41. The lowest BCUT2D eigenvalue weighted by Gasteiger charge is -2.33. The molecule has 0 amide bonds. The number of halogens is 3. The molecule has 0 aliphatic carbocycles. The molecule has 0 N–H and O–H groups in total. The van der Waals surface area contributed by atoms with E-state index in [0.717, 1.165) is 0 Å². The summed E-state index contributed by atoms with van der Waals surface area (Å²) in [5.74, 6) is -0.509. The first-order valence-electron chi connectivity index (χ1n) is 1.93. The monoisotopic (exact) mass is 226 g/mol. The van der Waals surface area contributed by atoms with Crippen molar-refractivity contribution in [2.75, 3.05) is 5.88 Å². The van der Waals surface area contributed by atoms with Crippen LogP contribution in [0.25, 0.3) is 0 Å². The summed E-state index contributed by atoms with van der Waals surface area (Å²) in [5.41, 5.74) is 0. The smallest absolute Gasteiger partial charge is 0.234 e. The molecule has 0 aromatic carbocycles. The highest BCUT2D eigenvalue weighted by molar-refractivity contribution is 7.43. The molecule has 0 aliphatic rings. The molecule has 0 saturated heterocycles. The molecule has 0 aliphatic heterocycles. The number of alkyl halides is 3.